The van der Waals surface area contributed by atoms with Crippen molar-refractivity contribution in [3.63, 3.8) is 0 Å². The van der Waals surface area contributed by atoms with E-state index >= 15 is 0 Å². The molecule has 1 aromatic rings. The predicted octanol–water partition coefficient (Wildman–Crippen LogP) is 3.26. The molecular weight excluding hydrogens is 338 g/mol. The van der Waals surface area contributed by atoms with Gasteiger partial charge in [-0.1, -0.05) is 0 Å². The molecule has 26 heavy (non-hydrogen) atoms. The summed E-state index contributed by atoms with van der Waals surface area (Å²) in [4.78, 5) is 14.5. The van der Waals surface area contributed by atoms with Gasteiger partial charge in [-0.2, -0.15) is 0 Å². The first kappa shape index (κ1) is 17.7. The van der Waals surface area contributed by atoms with Crippen LogP contribution in [0.3, 0.4) is 0 Å². The monoisotopic (exact) mass is 364 g/mol. The van der Waals surface area contributed by atoms with Gasteiger partial charge in [-0.05, 0) is 43.7 Å². The number of nitrogens with zero attached hydrogens (tertiary/aromatic N) is 1. The average molecular weight is 364 g/mol. The summed E-state index contributed by atoms with van der Waals surface area (Å²) < 4.78 is 32.3. The molecular formula is C20H26F2N2O2. The normalized spacial score (nSPS) is 29.0. The van der Waals surface area contributed by atoms with Crippen LogP contribution in [0.1, 0.15) is 44.9 Å². The van der Waals surface area contributed by atoms with Crippen molar-refractivity contribution in [1.29, 1.82) is 0 Å². The number of fused-ring (bicyclic) bond motifs is 2. The smallest absolute Gasteiger partial charge is 0.222 e. The highest BCUT2D eigenvalue weighted by molar-refractivity contribution is 5.76. The van der Waals surface area contributed by atoms with Crippen LogP contribution in [0.25, 0.3) is 0 Å². The van der Waals surface area contributed by atoms with Gasteiger partial charge < -0.3 is 15.0 Å². The molecule has 0 aromatic heterocycles. The number of carbonyl (C=O) groups excluding carboxylic acids is 1. The van der Waals surface area contributed by atoms with Gasteiger partial charge in [-0.3, -0.25) is 4.79 Å². The minimum Gasteiger partial charge on any atom is -0.487 e. The maximum Gasteiger partial charge on any atom is 0.222 e. The Labute approximate surface area is 152 Å². The molecule has 6 heteroatoms. The predicted molar refractivity (Wildman–Crippen MR) is 93.9 cm³/mol. The number of rotatable bonds is 4. The Balaban J connectivity index is 1.24. The lowest BCUT2D eigenvalue weighted by atomic mass is 9.89. The average Bonchev–Trinajstić information content (AvgIpc) is 2.96. The van der Waals surface area contributed by atoms with Gasteiger partial charge in [0.25, 0.3) is 0 Å². The van der Waals surface area contributed by atoms with Gasteiger partial charge in [0.05, 0.1) is 0 Å². The third-order valence-electron chi connectivity index (χ3n) is 6.02. The van der Waals surface area contributed by atoms with Crippen molar-refractivity contribution < 1.29 is 18.3 Å². The van der Waals surface area contributed by atoms with E-state index in [0.717, 1.165) is 18.9 Å². The first-order valence-electron chi connectivity index (χ1n) is 9.72. The Morgan fingerprint density at radius 1 is 1.12 bits per heavy atom. The van der Waals surface area contributed by atoms with Crippen LogP contribution in [0, 0.1) is 17.6 Å². The van der Waals surface area contributed by atoms with Crippen molar-refractivity contribution >= 4 is 5.91 Å². The third kappa shape index (κ3) is 4.00. The molecule has 1 amide bonds. The summed E-state index contributed by atoms with van der Waals surface area (Å²) in [7, 11) is 0. The molecule has 0 spiro atoms. The molecule has 3 aliphatic heterocycles. The maximum atomic E-state index is 13.7. The molecule has 3 saturated heterocycles. The standard InChI is InChI=1S/C20H26F2N2O2/c21-14-1-4-19(18(22)12-14)26-17-5-7-24(8-6-17)20(25)11-13-9-15-2-3-16(10-13)23-15/h1,4,12-13,15-17,23H,2-3,5-11H2. The van der Waals surface area contributed by atoms with Crippen molar-refractivity contribution in [1.82, 2.24) is 10.2 Å². The fraction of sp³-hybridized carbons (Fsp3) is 0.650. The van der Waals surface area contributed by atoms with Gasteiger partial charge in [0.15, 0.2) is 11.6 Å². The zero-order chi connectivity index (χ0) is 18.1. The summed E-state index contributed by atoms with van der Waals surface area (Å²) in [5.41, 5.74) is 0. The first-order chi connectivity index (χ1) is 12.6. The molecule has 0 saturated carbocycles. The van der Waals surface area contributed by atoms with Crippen LogP contribution in [0.5, 0.6) is 5.75 Å². The zero-order valence-corrected chi connectivity index (χ0v) is 14.9. The van der Waals surface area contributed by atoms with Crippen LogP contribution in [-0.2, 0) is 4.79 Å². The molecule has 4 nitrogen and oxygen atoms in total. The molecule has 2 bridgehead atoms. The number of carbonyl (C=O) groups is 1. The van der Waals surface area contributed by atoms with E-state index in [1.165, 1.54) is 25.0 Å². The number of piperidine rings is 2. The summed E-state index contributed by atoms with van der Waals surface area (Å²) in [5, 5.41) is 3.61. The lowest BCUT2D eigenvalue weighted by molar-refractivity contribution is -0.134. The van der Waals surface area contributed by atoms with Crippen molar-refractivity contribution in [3.8, 4) is 5.75 Å². The highest BCUT2D eigenvalue weighted by Gasteiger charge is 2.35. The summed E-state index contributed by atoms with van der Waals surface area (Å²) in [6.07, 6.45) is 6.61. The number of hydrogen-bond donors (Lipinski definition) is 1. The van der Waals surface area contributed by atoms with E-state index in [1.807, 2.05) is 4.90 Å². The largest absolute Gasteiger partial charge is 0.487 e. The maximum absolute atomic E-state index is 13.7. The van der Waals surface area contributed by atoms with Crippen LogP contribution >= 0.6 is 0 Å². The van der Waals surface area contributed by atoms with E-state index in [9.17, 15) is 13.6 Å². The lowest BCUT2D eigenvalue weighted by Gasteiger charge is -2.34. The Hall–Kier alpha value is -1.69. The van der Waals surface area contributed by atoms with Crippen LogP contribution < -0.4 is 10.1 Å². The van der Waals surface area contributed by atoms with E-state index in [1.54, 1.807) is 0 Å². The van der Waals surface area contributed by atoms with Gasteiger partial charge in [0.1, 0.15) is 11.9 Å². The molecule has 142 valence electrons. The third-order valence-corrected chi connectivity index (χ3v) is 6.02. The number of benzene rings is 1. The van der Waals surface area contributed by atoms with E-state index in [0.29, 0.717) is 50.4 Å². The Bertz CT molecular complexity index is 649. The number of hydrogen-bond acceptors (Lipinski definition) is 3. The minimum atomic E-state index is -0.677. The summed E-state index contributed by atoms with van der Waals surface area (Å²) in [5.74, 6) is -0.460. The second-order valence-corrected chi connectivity index (χ2v) is 7.95. The second-order valence-electron chi connectivity index (χ2n) is 7.95. The molecule has 2 atom stereocenters. The van der Waals surface area contributed by atoms with Crippen LogP contribution in [0.4, 0.5) is 8.78 Å². The van der Waals surface area contributed by atoms with Crippen molar-refractivity contribution in [2.75, 3.05) is 13.1 Å². The van der Waals surface area contributed by atoms with Gasteiger partial charge in [0, 0.05) is 50.5 Å². The topological polar surface area (TPSA) is 41.6 Å². The Kier molecular flexibility index (Phi) is 5.11. The van der Waals surface area contributed by atoms with Gasteiger partial charge >= 0.3 is 0 Å². The van der Waals surface area contributed by atoms with Crippen LogP contribution in [0.15, 0.2) is 18.2 Å². The SMILES string of the molecule is O=C(CC1CC2CCC(C1)N2)N1CCC(Oc2ccc(F)cc2F)CC1. The minimum absolute atomic E-state index is 0.0846. The molecule has 3 heterocycles. The van der Waals surface area contributed by atoms with Crippen LogP contribution in [0.2, 0.25) is 0 Å². The molecule has 0 radical (unpaired) electrons. The van der Waals surface area contributed by atoms with Gasteiger partial charge in [-0.15, -0.1) is 0 Å². The second kappa shape index (κ2) is 7.51. The Morgan fingerprint density at radius 3 is 2.46 bits per heavy atom. The summed E-state index contributed by atoms with van der Waals surface area (Å²) >= 11 is 0. The van der Waals surface area contributed by atoms with Gasteiger partial charge in [0.2, 0.25) is 5.91 Å². The number of ether oxygens (including phenoxy) is 1. The fourth-order valence-electron chi connectivity index (χ4n) is 4.69. The molecule has 4 rings (SSSR count). The highest BCUT2D eigenvalue weighted by atomic mass is 19.1. The van der Waals surface area contributed by atoms with E-state index in [2.05, 4.69) is 5.32 Å². The number of halogens is 2. The molecule has 1 aromatic carbocycles. The van der Waals surface area contributed by atoms with Gasteiger partial charge in [-0.25, -0.2) is 8.78 Å². The lowest BCUT2D eigenvalue weighted by Crippen LogP contribution is -2.44. The van der Waals surface area contributed by atoms with E-state index in [-0.39, 0.29) is 17.8 Å². The molecule has 3 aliphatic rings. The van der Waals surface area contributed by atoms with Crippen LogP contribution in [-0.4, -0.2) is 42.1 Å². The molecule has 0 aliphatic carbocycles. The summed E-state index contributed by atoms with van der Waals surface area (Å²) in [6.45, 7) is 1.29. The number of amides is 1. The Morgan fingerprint density at radius 2 is 1.81 bits per heavy atom. The first-order valence-corrected chi connectivity index (χ1v) is 9.72. The quantitative estimate of drug-likeness (QED) is 0.892. The molecule has 2 unspecified atom stereocenters. The highest BCUT2D eigenvalue weighted by Crippen LogP contribution is 2.33. The fourth-order valence-corrected chi connectivity index (χ4v) is 4.69. The van der Waals surface area contributed by atoms with E-state index in [4.69, 9.17) is 4.74 Å². The van der Waals surface area contributed by atoms with E-state index < -0.39 is 11.6 Å². The number of likely N-dealkylation sites (tertiary alicyclic amines) is 1. The zero-order valence-electron chi connectivity index (χ0n) is 14.9. The summed E-state index contributed by atoms with van der Waals surface area (Å²) in [6, 6.07) is 4.57. The van der Waals surface area contributed by atoms with Crippen molar-refractivity contribution in [2.45, 2.75) is 63.1 Å². The molecule has 1 N–H and O–H groups in total. The number of nitrogens with one attached hydrogen (secondary N) is 1. The molecule has 3 fully saturated rings. The van der Waals surface area contributed by atoms with Crippen molar-refractivity contribution in [2.24, 2.45) is 5.92 Å². The van der Waals surface area contributed by atoms with Crippen molar-refractivity contribution in [3.05, 3.63) is 29.8 Å².